The average Bonchev–Trinajstić information content (AvgIpc) is 2.75. The summed E-state index contributed by atoms with van der Waals surface area (Å²) in [5, 5.41) is 12.9. The van der Waals surface area contributed by atoms with E-state index in [2.05, 4.69) is 10.00 Å². The maximum Gasteiger partial charge on any atom is 0.248 e. The fourth-order valence-corrected chi connectivity index (χ4v) is 2.07. The number of aliphatic hydroxyl groups excluding tert-OH is 1. The number of hydrogen-bond donors (Lipinski definition) is 1. The highest BCUT2D eigenvalue weighted by molar-refractivity contribution is 5.77. The largest absolute Gasteiger partial charge is 0.387 e. The van der Waals surface area contributed by atoms with E-state index in [9.17, 15) is 4.79 Å². The van der Waals surface area contributed by atoms with Crippen molar-refractivity contribution in [2.45, 2.75) is 6.54 Å². The summed E-state index contributed by atoms with van der Waals surface area (Å²) in [4.78, 5) is 15.3. The van der Waals surface area contributed by atoms with E-state index in [1.807, 2.05) is 19.4 Å². The third-order valence-electron chi connectivity index (χ3n) is 3.02. The molecule has 0 aromatic carbocycles. The Bertz CT molecular complexity index is 383. The quantitative estimate of drug-likeness (QED) is 0.738. The molecular weight excluding hydrogens is 220 g/mol. The number of nitrogens with zero attached hydrogens (tertiary/aromatic N) is 4. The maximum absolute atomic E-state index is 11.3. The predicted octanol–water partition coefficient (Wildman–Crippen LogP) is -0.943. The molecule has 0 radical (unpaired) electrons. The van der Waals surface area contributed by atoms with Crippen molar-refractivity contribution in [3.05, 3.63) is 18.0 Å². The Labute approximate surface area is 100 Å². The summed E-state index contributed by atoms with van der Waals surface area (Å²) in [7, 11) is 1.90. The molecule has 0 spiro atoms. The first kappa shape index (κ1) is 12.1. The number of carbonyl (C=O) groups excluding carboxylic acids is 1. The minimum Gasteiger partial charge on any atom is -0.387 e. The minimum absolute atomic E-state index is 0.175. The first-order valence-electron chi connectivity index (χ1n) is 5.77. The molecule has 1 aliphatic rings. The smallest absolute Gasteiger partial charge is 0.248 e. The summed E-state index contributed by atoms with van der Waals surface area (Å²) < 4.78 is 1.79. The van der Waals surface area contributed by atoms with Crippen LogP contribution in [0.15, 0.2) is 12.4 Å². The molecule has 6 heteroatoms. The summed E-state index contributed by atoms with van der Waals surface area (Å²) in [6.45, 7) is 3.57. The first-order valence-corrected chi connectivity index (χ1v) is 5.77. The second-order valence-corrected chi connectivity index (χ2v) is 4.34. The summed E-state index contributed by atoms with van der Waals surface area (Å²) in [5.74, 6) is -0.175. The molecule has 1 N–H and O–H groups in total. The van der Waals surface area contributed by atoms with E-state index in [0.717, 1.165) is 19.6 Å². The van der Waals surface area contributed by atoms with Crippen LogP contribution in [0.3, 0.4) is 0 Å². The highest BCUT2D eigenvalue weighted by Gasteiger charge is 2.20. The van der Waals surface area contributed by atoms with E-state index in [1.54, 1.807) is 9.58 Å². The van der Waals surface area contributed by atoms with Crippen molar-refractivity contribution >= 4 is 5.91 Å². The molecule has 6 nitrogen and oxygen atoms in total. The number of rotatable bonds is 3. The average molecular weight is 238 g/mol. The molecule has 0 saturated carbocycles. The Hall–Kier alpha value is -1.40. The third kappa shape index (κ3) is 3.04. The number of amides is 1. The monoisotopic (exact) mass is 238 g/mol. The molecule has 0 aliphatic carbocycles. The van der Waals surface area contributed by atoms with Crippen LogP contribution in [-0.2, 0) is 18.4 Å². The fourth-order valence-electron chi connectivity index (χ4n) is 2.07. The van der Waals surface area contributed by atoms with Crippen molar-refractivity contribution in [1.29, 1.82) is 0 Å². The summed E-state index contributed by atoms with van der Waals surface area (Å²) in [5.41, 5.74) is 1.19. The molecule has 1 fully saturated rings. The van der Waals surface area contributed by atoms with Crippen molar-refractivity contribution in [3.8, 4) is 0 Å². The normalized spacial score (nSPS) is 17.4. The first-order chi connectivity index (χ1) is 8.19. The number of aliphatic hydroxyl groups is 1. The second-order valence-electron chi connectivity index (χ2n) is 4.34. The summed E-state index contributed by atoms with van der Waals surface area (Å²) >= 11 is 0. The number of hydrogen-bond acceptors (Lipinski definition) is 4. The van der Waals surface area contributed by atoms with Gasteiger partial charge >= 0.3 is 0 Å². The van der Waals surface area contributed by atoms with Crippen LogP contribution in [0.1, 0.15) is 5.56 Å². The van der Waals surface area contributed by atoms with Crippen LogP contribution in [-0.4, -0.2) is 63.4 Å². The minimum atomic E-state index is -0.386. The van der Waals surface area contributed by atoms with Gasteiger partial charge < -0.3 is 10.0 Å². The molecule has 1 aromatic rings. The fraction of sp³-hybridized carbons (Fsp3) is 0.636. The lowest BCUT2D eigenvalue weighted by Gasteiger charge is -2.34. The van der Waals surface area contributed by atoms with Gasteiger partial charge in [0.2, 0.25) is 5.91 Å². The van der Waals surface area contributed by atoms with Crippen LogP contribution in [0.4, 0.5) is 0 Å². The second kappa shape index (κ2) is 5.29. The lowest BCUT2D eigenvalue weighted by Crippen LogP contribution is -2.49. The van der Waals surface area contributed by atoms with E-state index in [1.165, 1.54) is 5.56 Å². The zero-order valence-corrected chi connectivity index (χ0v) is 10.0. The summed E-state index contributed by atoms with van der Waals surface area (Å²) in [6.07, 6.45) is 3.87. The Balaban J connectivity index is 1.81. The van der Waals surface area contributed by atoms with Gasteiger partial charge in [0.25, 0.3) is 0 Å². The van der Waals surface area contributed by atoms with Crippen molar-refractivity contribution in [3.63, 3.8) is 0 Å². The molecule has 2 heterocycles. The summed E-state index contributed by atoms with van der Waals surface area (Å²) in [6, 6.07) is 0. The molecule has 17 heavy (non-hydrogen) atoms. The van der Waals surface area contributed by atoms with Gasteiger partial charge in [0.15, 0.2) is 0 Å². The molecule has 1 aliphatic heterocycles. The molecule has 2 rings (SSSR count). The van der Waals surface area contributed by atoms with E-state index < -0.39 is 0 Å². The van der Waals surface area contributed by atoms with E-state index >= 15 is 0 Å². The van der Waals surface area contributed by atoms with Gasteiger partial charge in [-0.25, -0.2) is 0 Å². The van der Waals surface area contributed by atoms with Crippen molar-refractivity contribution in [2.24, 2.45) is 7.05 Å². The van der Waals surface area contributed by atoms with Crippen LogP contribution in [0, 0.1) is 0 Å². The van der Waals surface area contributed by atoms with Crippen LogP contribution in [0.2, 0.25) is 0 Å². The zero-order valence-electron chi connectivity index (χ0n) is 10.0. The number of carbonyl (C=O) groups is 1. The van der Waals surface area contributed by atoms with Crippen LogP contribution in [0.5, 0.6) is 0 Å². The highest BCUT2D eigenvalue weighted by Crippen LogP contribution is 2.07. The number of aromatic nitrogens is 2. The standard InChI is InChI=1S/C11H18N4O2/c1-13-7-10(6-12-13)8-14-2-4-15(5-3-14)11(17)9-16/h6-7,16H,2-5,8-9H2,1H3. The lowest BCUT2D eigenvalue weighted by molar-refractivity contribution is -0.135. The SMILES string of the molecule is Cn1cc(CN2CCN(C(=O)CO)CC2)cn1. The molecule has 0 unspecified atom stereocenters. The Morgan fingerprint density at radius 3 is 2.65 bits per heavy atom. The van der Waals surface area contributed by atoms with Crippen LogP contribution < -0.4 is 0 Å². The van der Waals surface area contributed by atoms with Gasteiger partial charge in [-0.15, -0.1) is 0 Å². The Morgan fingerprint density at radius 2 is 2.12 bits per heavy atom. The van der Waals surface area contributed by atoms with Gasteiger partial charge in [-0.2, -0.15) is 5.10 Å². The lowest BCUT2D eigenvalue weighted by atomic mass is 10.2. The topological polar surface area (TPSA) is 61.6 Å². The van der Waals surface area contributed by atoms with Crippen molar-refractivity contribution in [1.82, 2.24) is 19.6 Å². The molecule has 1 aromatic heterocycles. The van der Waals surface area contributed by atoms with Gasteiger partial charge in [0.05, 0.1) is 6.20 Å². The molecule has 1 amide bonds. The third-order valence-corrected chi connectivity index (χ3v) is 3.02. The molecule has 0 bridgehead atoms. The van der Waals surface area contributed by atoms with Gasteiger partial charge in [0, 0.05) is 51.5 Å². The Morgan fingerprint density at radius 1 is 1.41 bits per heavy atom. The van der Waals surface area contributed by atoms with Crippen molar-refractivity contribution in [2.75, 3.05) is 32.8 Å². The molecule has 0 atom stereocenters. The highest BCUT2D eigenvalue weighted by atomic mass is 16.3. The molecule has 94 valence electrons. The van der Waals surface area contributed by atoms with E-state index in [-0.39, 0.29) is 12.5 Å². The molecular formula is C11H18N4O2. The van der Waals surface area contributed by atoms with Gasteiger partial charge in [0.1, 0.15) is 6.61 Å². The van der Waals surface area contributed by atoms with Crippen LogP contribution >= 0.6 is 0 Å². The van der Waals surface area contributed by atoms with Gasteiger partial charge in [-0.05, 0) is 0 Å². The van der Waals surface area contributed by atoms with Gasteiger partial charge in [-0.1, -0.05) is 0 Å². The molecule has 1 saturated heterocycles. The zero-order chi connectivity index (χ0) is 12.3. The number of piperazine rings is 1. The Kier molecular flexibility index (Phi) is 3.75. The van der Waals surface area contributed by atoms with Crippen molar-refractivity contribution < 1.29 is 9.90 Å². The van der Waals surface area contributed by atoms with E-state index in [4.69, 9.17) is 5.11 Å². The van der Waals surface area contributed by atoms with Gasteiger partial charge in [-0.3, -0.25) is 14.4 Å². The maximum atomic E-state index is 11.3. The van der Waals surface area contributed by atoms with E-state index in [0.29, 0.717) is 13.1 Å². The van der Waals surface area contributed by atoms with Crippen LogP contribution in [0.25, 0.3) is 0 Å². The predicted molar refractivity (Wildman–Crippen MR) is 62.2 cm³/mol. The number of aryl methyl sites for hydroxylation is 1.